The van der Waals surface area contributed by atoms with Crippen molar-refractivity contribution in [3.05, 3.63) is 59.7 Å². The molecule has 2 aromatic rings. The molecule has 0 aromatic heterocycles. The van der Waals surface area contributed by atoms with Crippen LogP contribution in [0.25, 0.3) is 0 Å². The van der Waals surface area contributed by atoms with Crippen molar-refractivity contribution in [3.63, 3.8) is 0 Å². The van der Waals surface area contributed by atoms with Crippen molar-refractivity contribution in [1.29, 1.82) is 0 Å². The highest BCUT2D eigenvalue weighted by atomic mass is 127. The van der Waals surface area contributed by atoms with Crippen LogP contribution in [0.4, 0.5) is 14.5 Å². The summed E-state index contributed by atoms with van der Waals surface area (Å²) in [6, 6.07) is 11.4. The molecule has 1 heterocycles. The summed E-state index contributed by atoms with van der Waals surface area (Å²) in [7, 11) is 4.98. The van der Waals surface area contributed by atoms with Crippen LogP contribution in [0.1, 0.15) is 12.0 Å². The molecule has 1 aliphatic heterocycles. The zero-order chi connectivity index (χ0) is 23.1. The lowest BCUT2D eigenvalue weighted by Crippen LogP contribution is -2.47. The van der Waals surface area contributed by atoms with E-state index < -0.39 is 11.6 Å². The Bertz CT molecular complexity index is 936. The molecule has 0 aliphatic carbocycles. The number of nitrogens with one attached hydrogen (secondary N) is 2. The number of halogens is 3. The molecule has 2 N–H and O–H groups in total. The van der Waals surface area contributed by atoms with Crippen molar-refractivity contribution in [1.82, 2.24) is 15.5 Å². The Kier molecular flexibility index (Phi) is 10.1. The minimum absolute atomic E-state index is 0. The first-order chi connectivity index (χ1) is 15.4. The fraction of sp³-hybridized carbons (Fsp3) is 0.391. The monoisotopic (exact) mass is 573 g/mol. The number of methoxy groups -OCH3 is 1. The summed E-state index contributed by atoms with van der Waals surface area (Å²) in [6.07, 6.45) is 0.679. The molecule has 3 rings (SSSR count). The average Bonchev–Trinajstić information content (AvgIpc) is 3.23. The van der Waals surface area contributed by atoms with Crippen molar-refractivity contribution < 1.29 is 18.3 Å². The van der Waals surface area contributed by atoms with Crippen LogP contribution in [0.5, 0.6) is 5.75 Å². The van der Waals surface area contributed by atoms with E-state index in [1.165, 1.54) is 23.1 Å². The van der Waals surface area contributed by atoms with Gasteiger partial charge in [0.2, 0.25) is 5.91 Å². The Morgan fingerprint density at radius 2 is 1.85 bits per heavy atom. The molecule has 180 valence electrons. The number of carbonyl (C=O) groups is 1. The van der Waals surface area contributed by atoms with Crippen molar-refractivity contribution in [2.24, 2.45) is 4.99 Å². The molecule has 1 amide bonds. The Balaban J connectivity index is 0.00000385. The van der Waals surface area contributed by atoms with E-state index in [2.05, 4.69) is 15.6 Å². The van der Waals surface area contributed by atoms with Crippen LogP contribution in [0, 0.1) is 11.6 Å². The van der Waals surface area contributed by atoms with Gasteiger partial charge in [0, 0.05) is 33.2 Å². The molecule has 1 aliphatic rings. The van der Waals surface area contributed by atoms with Gasteiger partial charge in [0.25, 0.3) is 0 Å². The first-order valence-electron chi connectivity index (χ1n) is 10.4. The number of likely N-dealkylation sites (N-methyl/N-ethyl adjacent to an activating group) is 1. The van der Waals surface area contributed by atoms with Crippen LogP contribution < -0.4 is 20.3 Å². The van der Waals surface area contributed by atoms with Gasteiger partial charge in [0.05, 0.1) is 20.2 Å². The van der Waals surface area contributed by atoms with E-state index in [1.807, 2.05) is 24.3 Å². The van der Waals surface area contributed by atoms with Crippen molar-refractivity contribution in [2.75, 3.05) is 45.7 Å². The molecule has 0 radical (unpaired) electrons. The first kappa shape index (κ1) is 26.6. The van der Waals surface area contributed by atoms with Gasteiger partial charge >= 0.3 is 0 Å². The first-order valence-corrected chi connectivity index (χ1v) is 10.4. The molecule has 1 atom stereocenters. The highest BCUT2D eigenvalue weighted by molar-refractivity contribution is 14.0. The number of ether oxygens (including phenoxy) is 1. The third-order valence-electron chi connectivity index (χ3n) is 5.27. The van der Waals surface area contributed by atoms with E-state index in [0.29, 0.717) is 32.0 Å². The number of hydrogen-bond acceptors (Lipinski definition) is 4. The highest BCUT2D eigenvalue weighted by Crippen LogP contribution is 2.26. The van der Waals surface area contributed by atoms with Gasteiger partial charge in [-0.15, -0.1) is 24.0 Å². The summed E-state index contributed by atoms with van der Waals surface area (Å²) in [4.78, 5) is 19.8. The maximum atomic E-state index is 14.2. The number of anilines is 1. The van der Waals surface area contributed by atoms with Crippen LogP contribution in [-0.4, -0.2) is 63.6 Å². The molecule has 10 heteroatoms. The van der Waals surface area contributed by atoms with Gasteiger partial charge < -0.3 is 25.2 Å². The van der Waals surface area contributed by atoms with E-state index in [1.54, 1.807) is 26.1 Å². The zero-order valence-corrected chi connectivity index (χ0v) is 21.3. The Morgan fingerprint density at radius 1 is 1.18 bits per heavy atom. The van der Waals surface area contributed by atoms with Crippen molar-refractivity contribution in [3.8, 4) is 5.75 Å². The maximum absolute atomic E-state index is 14.2. The lowest BCUT2D eigenvalue weighted by atomic mass is 10.2. The molecular weight excluding hydrogens is 543 g/mol. The Hall–Kier alpha value is -2.63. The summed E-state index contributed by atoms with van der Waals surface area (Å²) >= 11 is 0. The van der Waals surface area contributed by atoms with E-state index in [0.717, 1.165) is 11.3 Å². The van der Waals surface area contributed by atoms with E-state index in [9.17, 15) is 13.6 Å². The lowest BCUT2D eigenvalue weighted by Gasteiger charge is -2.21. The van der Waals surface area contributed by atoms with E-state index >= 15 is 0 Å². The second-order valence-electron chi connectivity index (χ2n) is 7.80. The second-order valence-corrected chi connectivity index (χ2v) is 7.80. The molecule has 0 bridgehead atoms. The van der Waals surface area contributed by atoms with Crippen LogP contribution in [0.3, 0.4) is 0 Å². The largest absolute Gasteiger partial charge is 0.497 e. The Labute approximate surface area is 210 Å². The molecule has 33 heavy (non-hydrogen) atoms. The lowest BCUT2D eigenvalue weighted by molar-refractivity contribution is -0.127. The number of para-hydroxylation sites is 1. The average molecular weight is 573 g/mol. The zero-order valence-electron chi connectivity index (χ0n) is 19.0. The highest BCUT2D eigenvalue weighted by Gasteiger charge is 2.27. The fourth-order valence-corrected chi connectivity index (χ4v) is 3.44. The van der Waals surface area contributed by atoms with Gasteiger partial charge in [0.15, 0.2) is 5.96 Å². The summed E-state index contributed by atoms with van der Waals surface area (Å²) < 4.78 is 33.5. The second kappa shape index (κ2) is 12.6. The van der Waals surface area contributed by atoms with Gasteiger partial charge in [-0.1, -0.05) is 18.2 Å². The molecule has 2 aromatic carbocycles. The standard InChI is InChI=1S/C23H29F2N5O2.HI/c1-29(2)21(31)14-27-23(26-13-16-7-9-18(32-3)10-8-16)28-17-11-12-30(15-17)22-19(24)5-4-6-20(22)25;/h4-10,17H,11-15H2,1-3H3,(H2,26,27,28);1H. The van der Waals surface area contributed by atoms with E-state index in [-0.39, 0.29) is 48.2 Å². The minimum Gasteiger partial charge on any atom is -0.497 e. The predicted molar refractivity (Wildman–Crippen MR) is 136 cm³/mol. The number of benzene rings is 2. The van der Waals surface area contributed by atoms with Gasteiger partial charge in [-0.3, -0.25) is 4.79 Å². The van der Waals surface area contributed by atoms with Gasteiger partial charge in [0.1, 0.15) is 23.1 Å². The van der Waals surface area contributed by atoms with Gasteiger partial charge in [-0.25, -0.2) is 13.8 Å². The van der Waals surface area contributed by atoms with Crippen molar-refractivity contribution in [2.45, 2.75) is 19.0 Å². The number of aliphatic imine (C=N–C) groups is 1. The number of guanidine groups is 1. The van der Waals surface area contributed by atoms with E-state index in [4.69, 9.17) is 4.74 Å². The minimum atomic E-state index is -0.575. The third kappa shape index (κ3) is 7.44. The number of amides is 1. The van der Waals surface area contributed by atoms with Crippen LogP contribution in [0.15, 0.2) is 47.5 Å². The third-order valence-corrected chi connectivity index (χ3v) is 5.27. The number of hydrogen-bond donors (Lipinski definition) is 2. The van der Waals surface area contributed by atoms with Gasteiger partial charge in [-0.05, 0) is 36.2 Å². The number of rotatable bonds is 7. The van der Waals surface area contributed by atoms with Crippen molar-refractivity contribution >= 4 is 41.5 Å². The topological polar surface area (TPSA) is 69.2 Å². The molecule has 1 saturated heterocycles. The molecule has 1 unspecified atom stereocenters. The Morgan fingerprint density at radius 3 is 2.45 bits per heavy atom. The SMILES string of the molecule is COc1ccc(CN=C(NCC(=O)N(C)C)NC2CCN(c3c(F)cccc3F)C2)cc1.I. The number of nitrogens with zero attached hydrogens (tertiary/aromatic N) is 3. The summed E-state index contributed by atoms with van der Waals surface area (Å²) in [5, 5.41) is 6.35. The molecule has 7 nitrogen and oxygen atoms in total. The van der Waals surface area contributed by atoms with Gasteiger partial charge in [-0.2, -0.15) is 0 Å². The van der Waals surface area contributed by atoms with Crippen LogP contribution in [-0.2, 0) is 11.3 Å². The molecular formula is C23H30F2IN5O2. The van der Waals surface area contributed by atoms with Crippen LogP contribution >= 0.6 is 24.0 Å². The smallest absolute Gasteiger partial charge is 0.241 e. The van der Waals surface area contributed by atoms with Crippen LogP contribution in [0.2, 0.25) is 0 Å². The quantitative estimate of drug-likeness (QED) is 0.303. The molecule has 0 saturated carbocycles. The predicted octanol–water partition coefficient (Wildman–Crippen LogP) is 2.99. The number of carbonyl (C=O) groups excluding carboxylic acids is 1. The molecule has 0 spiro atoms. The fourth-order valence-electron chi connectivity index (χ4n) is 3.44. The summed E-state index contributed by atoms with van der Waals surface area (Å²) in [5.41, 5.74) is 0.969. The maximum Gasteiger partial charge on any atom is 0.241 e. The normalized spacial score (nSPS) is 15.6. The molecule has 1 fully saturated rings. The summed E-state index contributed by atoms with van der Waals surface area (Å²) in [6.45, 7) is 1.41. The summed E-state index contributed by atoms with van der Waals surface area (Å²) in [5.74, 6) is -0.0120.